The van der Waals surface area contributed by atoms with Gasteiger partial charge in [0.25, 0.3) is 0 Å². The Morgan fingerprint density at radius 2 is 0.469 bits per heavy atom. The smallest absolute Gasteiger partial charge is 0.547 e. The topological polar surface area (TPSA) is 302 Å². The number of aliphatic carboxylic acids is 5. The number of carbonyl (C=O) groups is 5. The zero-order valence-corrected chi connectivity index (χ0v) is 24.3. The first-order valence-corrected chi connectivity index (χ1v) is 7.66. The van der Waals surface area contributed by atoms with Gasteiger partial charge < -0.3 is 75.0 Å². The Morgan fingerprint density at radius 3 is 0.469 bits per heavy atom. The number of carboxylic acids is 5. The van der Waals surface area contributed by atoms with E-state index in [2.05, 4.69) is 0 Å². The average Bonchev–Trinajstić information content (AvgIpc) is 2.56. The standard InChI is InChI=1S/5C3H6O3.Na.Th/c5*1-2(4)3(5)6;;/h5*2,4H,1H3,(H,5,6);;/q;;;;;+1;+4/p-5. The number of hydrogen-bond donors (Lipinski definition) is 5. The van der Waals surface area contributed by atoms with E-state index in [0.717, 1.165) is 34.6 Å². The molecule has 5 unspecified atom stereocenters. The number of aliphatic hydroxyl groups excluding tert-OH is 5. The van der Waals surface area contributed by atoms with Crippen LogP contribution in [0.15, 0.2) is 0 Å². The minimum absolute atomic E-state index is 0. The van der Waals surface area contributed by atoms with E-state index < -0.39 is 60.4 Å². The summed E-state index contributed by atoms with van der Waals surface area (Å²) in [6.45, 7) is 5.67. The first-order valence-electron chi connectivity index (χ1n) is 7.66. The molecule has 0 aromatic rings. The zero-order valence-electron chi connectivity index (χ0n) is 18.2. The summed E-state index contributed by atoms with van der Waals surface area (Å²) < 4.78 is 0. The molecule has 180 valence electrons. The van der Waals surface area contributed by atoms with Crippen LogP contribution in [-0.4, -0.2) is 85.9 Å². The van der Waals surface area contributed by atoms with Crippen molar-refractivity contribution in [1.29, 1.82) is 0 Å². The molecule has 0 aromatic heterocycles. The molecule has 17 heteroatoms. The zero-order chi connectivity index (χ0) is 25.8. The van der Waals surface area contributed by atoms with Crippen LogP contribution >= 0.6 is 0 Å². The van der Waals surface area contributed by atoms with E-state index in [9.17, 15) is 49.5 Å². The van der Waals surface area contributed by atoms with Crippen molar-refractivity contribution >= 4 is 29.8 Å². The second-order valence-electron chi connectivity index (χ2n) is 4.98. The normalized spacial score (nSPS) is 12.8. The van der Waals surface area contributed by atoms with Crippen molar-refractivity contribution in [2.45, 2.75) is 65.1 Å². The molecule has 0 aliphatic rings. The molecule has 0 aromatic carbocycles. The van der Waals surface area contributed by atoms with E-state index in [1.165, 1.54) is 0 Å². The van der Waals surface area contributed by atoms with Gasteiger partial charge in [-0.15, -0.1) is 0 Å². The van der Waals surface area contributed by atoms with E-state index in [0.29, 0.717) is 0 Å². The van der Waals surface area contributed by atoms with Crippen molar-refractivity contribution in [3.63, 3.8) is 0 Å². The molecule has 5 atom stereocenters. The maximum absolute atomic E-state index is 9.34. The minimum Gasteiger partial charge on any atom is -0.547 e. The fourth-order valence-corrected chi connectivity index (χ4v) is 0. The molecule has 0 saturated carbocycles. The van der Waals surface area contributed by atoms with Crippen molar-refractivity contribution < 1.29 is 145 Å². The summed E-state index contributed by atoms with van der Waals surface area (Å²) in [4.78, 5) is 46.7. The Morgan fingerprint density at radius 1 is 0.438 bits per heavy atom. The largest absolute Gasteiger partial charge is 4.00 e. The van der Waals surface area contributed by atoms with Gasteiger partial charge in [-0.2, -0.15) is 0 Å². The van der Waals surface area contributed by atoms with Gasteiger partial charge in [0, 0.05) is 0 Å². The van der Waals surface area contributed by atoms with Crippen molar-refractivity contribution in [3.05, 3.63) is 0 Å². The number of hydrogen-bond acceptors (Lipinski definition) is 15. The number of carboxylic acid groups (broad SMARTS) is 5. The van der Waals surface area contributed by atoms with Crippen LogP contribution in [-0.2, 0) is 24.0 Å². The van der Waals surface area contributed by atoms with Gasteiger partial charge in [-0.1, -0.05) is 0 Å². The molecule has 0 aliphatic heterocycles. The summed E-state index contributed by atoms with van der Waals surface area (Å²) in [6, 6.07) is 0. The van der Waals surface area contributed by atoms with Crippen LogP contribution in [0.25, 0.3) is 0 Å². The number of rotatable bonds is 5. The van der Waals surface area contributed by atoms with Crippen LogP contribution in [0, 0.1) is 39.9 Å². The van der Waals surface area contributed by atoms with Gasteiger partial charge in [0.15, 0.2) is 0 Å². The summed E-state index contributed by atoms with van der Waals surface area (Å²) in [5.41, 5.74) is 0. The summed E-state index contributed by atoms with van der Waals surface area (Å²) in [6.07, 6.45) is -6.71. The molecule has 0 saturated heterocycles. The predicted octanol–water partition coefficient (Wildman–Crippen LogP) is -12.4. The molecule has 0 aliphatic carbocycles. The maximum atomic E-state index is 9.34. The van der Waals surface area contributed by atoms with Crippen LogP contribution < -0.4 is 55.1 Å². The van der Waals surface area contributed by atoms with Gasteiger partial charge in [0.05, 0.1) is 60.4 Å². The van der Waals surface area contributed by atoms with Crippen molar-refractivity contribution in [2.24, 2.45) is 0 Å². The van der Waals surface area contributed by atoms with Gasteiger partial charge >= 0.3 is 69.5 Å². The molecule has 15 nitrogen and oxygen atoms in total. The van der Waals surface area contributed by atoms with E-state index >= 15 is 0 Å². The molecular weight excluding hydrogens is 675 g/mol. The predicted molar refractivity (Wildman–Crippen MR) is 83.4 cm³/mol. The second-order valence-corrected chi connectivity index (χ2v) is 4.98. The summed E-state index contributed by atoms with van der Waals surface area (Å²) >= 11 is 0. The Bertz CT molecular complexity index is 403. The third-order valence-electron chi connectivity index (χ3n) is 1.71. The first kappa shape index (κ1) is 48.8. The first-order chi connectivity index (χ1) is 13.2. The van der Waals surface area contributed by atoms with Gasteiger partial charge in [-0.25, -0.2) is 0 Å². The number of aliphatic hydroxyl groups is 5. The maximum Gasteiger partial charge on any atom is 4.00 e. The molecule has 0 heterocycles. The molecule has 0 bridgehead atoms. The van der Waals surface area contributed by atoms with Gasteiger partial charge in [0.2, 0.25) is 0 Å². The van der Waals surface area contributed by atoms with Crippen LogP contribution in [0.3, 0.4) is 0 Å². The Balaban J connectivity index is -0.0000000481. The van der Waals surface area contributed by atoms with Crippen molar-refractivity contribution in [2.75, 3.05) is 0 Å². The summed E-state index contributed by atoms with van der Waals surface area (Å²) in [5, 5.41) is 86.5. The minimum atomic E-state index is -1.44. The molecular formula is C15H25NaO15Th. The quantitative estimate of drug-likeness (QED) is 0.166. The van der Waals surface area contributed by atoms with E-state index in [-0.39, 0.29) is 69.5 Å². The average molecular weight is 700 g/mol. The van der Waals surface area contributed by atoms with Crippen LogP contribution in [0.1, 0.15) is 34.6 Å². The van der Waals surface area contributed by atoms with Gasteiger partial charge in [0.1, 0.15) is 0 Å². The molecule has 32 heavy (non-hydrogen) atoms. The van der Waals surface area contributed by atoms with Crippen LogP contribution in [0.4, 0.5) is 0 Å². The van der Waals surface area contributed by atoms with Crippen molar-refractivity contribution in [1.82, 2.24) is 0 Å². The Labute approximate surface area is 237 Å². The monoisotopic (exact) mass is 700 g/mol. The SMILES string of the molecule is CC(O)C(=O)[O-].CC(O)C(=O)[O-].CC(O)C(=O)[O-].CC(O)C(=O)[O-].CC(O)C(=O)[O-].[Na+].[Th+4]. The van der Waals surface area contributed by atoms with Gasteiger partial charge in [-0.05, 0) is 34.6 Å². The summed E-state index contributed by atoms with van der Waals surface area (Å²) in [7, 11) is 0. The fraction of sp³-hybridized carbons (Fsp3) is 0.667. The summed E-state index contributed by atoms with van der Waals surface area (Å²) in [5.74, 6) is -7.18. The third-order valence-corrected chi connectivity index (χ3v) is 1.71. The third kappa shape index (κ3) is 63.0. The second kappa shape index (κ2) is 30.5. The molecule has 0 amide bonds. The fourth-order valence-electron chi connectivity index (χ4n) is 0. The number of carbonyl (C=O) groups excluding carboxylic acids is 5. The van der Waals surface area contributed by atoms with Gasteiger partial charge in [-0.3, -0.25) is 0 Å². The molecule has 0 fully saturated rings. The molecule has 5 N–H and O–H groups in total. The van der Waals surface area contributed by atoms with Crippen molar-refractivity contribution in [3.8, 4) is 0 Å². The molecule has 0 radical (unpaired) electrons. The molecule has 0 spiro atoms. The van der Waals surface area contributed by atoms with Crippen LogP contribution in [0.2, 0.25) is 0 Å². The van der Waals surface area contributed by atoms with E-state index in [4.69, 9.17) is 25.5 Å². The van der Waals surface area contributed by atoms with E-state index in [1.807, 2.05) is 0 Å². The molecule has 0 rings (SSSR count). The van der Waals surface area contributed by atoms with E-state index in [1.54, 1.807) is 0 Å². The Hall–Kier alpha value is -0.525. The Kier molecular flexibility index (Phi) is 46.5. The van der Waals surface area contributed by atoms with Crippen LogP contribution in [0.5, 0.6) is 0 Å².